The highest BCUT2D eigenvalue weighted by molar-refractivity contribution is 4.82. The maximum absolute atomic E-state index is 10.2. The molecule has 0 aromatic carbocycles. The normalized spacial score (nSPS) is 23.6. The van der Waals surface area contributed by atoms with E-state index < -0.39 is 0 Å². The first kappa shape index (κ1) is 15.0. The Labute approximate surface area is 108 Å². The molecule has 0 aromatic rings. The zero-order valence-electron chi connectivity index (χ0n) is 12.6. The van der Waals surface area contributed by atoms with Gasteiger partial charge in [-0.1, -0.05) is 41.0 Å². The van der Waals surface area contributed by atoms with Gasteiger partial charge in [-0.15, -0.1) is 0 Å². The smallest absolute Gasteiger partial charge is 0.0568 e. The fourth-order valence-electron chi connectivity index (χ4n) is 2.88. The second-order valence-corrected chi connectivity index (χ2v) is 8.02. The van der Waals surface area contributed by atoms with Crippen molar-refractivity contribution in [1.82, 2.24) is 0 Å². The molecule has 0 heterocycles. The summed E-state index contributed by atoms with van der Waals surface area (Å²) in [6, 6.07) is 0. The molecule has 0 saturated heterocycles. The van der Waals surface area contributed by atoms with E-state index in [1.807, 2.05) is 0 Å². The van der Waals surface area contributed by atoms with Crippen molar-refractivity contribution in [2.24, 2.45) is 16.7 Å². The van der Waals surface area contributed by atoms with Crippen LogP contribution in [-0.4, -0.2) is 11.2 Å². The Morgan fingerprint density at radius 3 is 2.18 bits per heavy atom. The topological polar surface area (TPSA) is 20.2 Å². The number of rotatable bonds is 4. The van der Waals surface area contributed by atoms with E-state index in [0.717, 1.165) is 6.42 Å². The van der Waals surface area contributed by atoms with Gasteiger partial charge in [0.1, 0.15) is 0 Å². The quantitative estimate of drug-likeness (QED) is 0.749. The number of aliphatic hydroxyl groups is 1. The van der Waals surface area contributed by atoms with Gasteiger partial charge in [-0.05, 0) is 55.3 Å². The molecule has 1 aliphatic rings. The Balaban J connectivity index is 2.23. The van der Waals surface area contributed by atoms with Crippen LogP contribution in [0.1, 0.15) is 79.6 Å². The van der Waals surface area contributed by atoms with Crippen LogP contribution < -0.4 is 0 Å². The van der Waals surface area contributed by atoms with Crippen LogP contribution in [0.15, 0.2) is 0 Å². The summed E-state index contributed by atoms with van der Waals surface area (Å²) in [4.78, 5) is 0. The zero-order valence-corrected chi connectivity index (χ0v) is 12.6. The van der Waals surface area contributed by atoms with Crippen molar-refractivity contribution in [3.8, 4) is 0 Å². The first-order valence-corrected chi connectivity index (χ1v) is 7.38. The lowest BCUT2D eigenvalue weighted by atomic mass is 9.71. The van der Waals surface area contributed by atoms with Crippen LogP contribution in [0.4, 0.5) is 0 Å². The molecular formula is C16H32O. The molecule has 1 aliphatic carbocycles. The fraction of sp³-hybridized carbons (Fsp3) is 1.00. The Kier molecular flexibility index (Phi) is 5.07. The van der Waals surface area contributed by atoms with Gasteiger partial charge in [0, 0.05) is 0 Å². The molecule has 1 atom stereocenters. The molecule has 1 saturated carbocycles. The van der Waals surface area contributed by atoms with E-state index in [-0.39, 0.29) is 6.10 Å². The summed E-state index contributed by atoms with van der Waals surface area (Å²) < 4.78 is 0. The molecule has 1 unspecified atom stereocenters. The number of hydrogen-bond donors (Lipinski definition) is 1. The molecule has 1 rings (SSSR count). The summed E-state index contributed by atoms with van der Waals surface area (Å²) in [5.41, 5.74) is 0.926. The minimum atomic E-state index is -0.0477. The summed E-state index contributed by atoms with van der Waals surface area (Å²) in [7, 11) is 0. The van der Waals surface area contributed by atoms with Crippen LogP contribution in [-0.2, 0) is 0 Å². The van der Waals surface area contributed by atoms with E-state index in [1.165, 1.54) is 38.5 Å². The van der Waals surface area contributed by atoms with Crippen LogP contribution in [0.3, 0.4) is 0 Å². The van der Waals surface area contributed by atoms with Crippen molar-refractivity contribution in [2.75, 3.05) is 0 Å². The summed E-state index contributed by atoms with van der Waals surface area (Å²) in [6.07, 6.45) is 8.37. The third-order valence-electron chi connectivity index (χ3n) is 4.35. The lowest BCUT2D eigenvalue weighted by Gasteiger charge is -2.36. The van der Waals surface area contributed by atoms with E-state index >= 15 is 0 Å². The molecule has 1 N–H and O–H groups in total. The van der Waals surface area contributed by atoms with Crippen LogP contribution in [0.25, 0.3) is 0 Å². The van der Waals surface area contributed by atoms with Crippen LogP contribution in [0.2, 0.25) is 0 Å². The Bertz CT molecular complexity index is 214. The van der Waals surface area contributed by atoms with Gasteiger partial charge in [-0.2, -0.15) is 0 Å². The van der Waals surface area contributed by atoms with Crippen molar-refractivity contribution in [3.63, 3.8) is 0 Å². The van der Waals surface area contributed by atoms with Gasteiger partial charge in [0.25, 0.3) is 0 Å². The average molecular weight is 240 g/mol. The van der Waals surface area contributed by atoms with Gasteiger partial charge in [0.05, 0.1) is 6.10 Å². The molecule has 102 valence electrons. The van der Waals surface area contributed by atoms with E-state index in [0.29, 0.717) is 16.7 Å². The van der Waals surface area contributed by atoms with Gasteiger partial charge in [-0.3, -0.25) is 0 Å². The maximum atomic E-state index is 10.2. The Morgan fingerprint density at radius 2 is 1.71 bits per heavy atom. The van der Waals surface area contributed by atoms with Crippen LogP contribution in [0, 0.1) is 16.7 Å². The van der Waals surface area contributed by atoms with E-state index in [2.05, 4.69) is 34.6 Å². The van der Waals surface area contributed by atoms with E-state index in [4.69, 9.17) is 0 Å². The molecule has 0 radical (unpaired) electrons. The largest absolute Gasteiger partial charge is 0.393 e. The lowest BCUT2D eigenvalue weighted by molar-refractivity contribution is 0.0482. The van der Waals surface area contributed by atoms with Crippen molar-refractivity contribution in [2.45, 2.75) is 85.7 Å². The highest BCUT2D eigenvalue weighted by atomic mass is 16.3. The molecule has 0 bridgehead atoms. The molecular weight excluding hydrogens is 208 g/mol. The monoisotopic (exact) mass is 240 g/mol. The predicted molar refractivity (Wildman–Crippen MR) is 75.1 cm³/mol. The SMILES string of the molecule is CC(C)(C)CCCC(O)C1CCC(C)(C)CC1. The van der Waals surface area contributed by atoms with Crippen LogP contribution in [0.5, 0.6) is 0 Å². The molecule has 0 amide bonds. The second-order valence-electron chi connectivity index (χ2n) is 8.02. The minimum absolute atomic E-state index is 0.0477. The van der Waals surface area contributed by atoms with Gasteiger partial charge in [-0.25, -0.2) is 0 Å². The van der Waals surface area contributed by atoms with Crippen LogP contribution >= 0.6 is 0 Å². The average Bonchev–Trinajstić information content (AvgIpc) is 2.15. The molecule has 0 aliphatic heterocycles. The minimum Gasteiger partial charge on any atom is -0.393 e. The number of hydrogen-bond acceptors (Lipinski definition) is 1. The summed E-state index contributed by atoms with van der Waals surface area (Å²) in [6.45, 7) is 11.6. The van der Waals surface area contributed by atoms with E-state index in [1.54, 1.807) is 0 Å². The summed E-state index contributed by atoms with van der Waals surface area (Å²) >= 11 is 0. The van der Waals surface area contributed by atoms with E-state index in [9.17, 15) is 5.11 Å². The molecule has 0 aromatic heterocycles. The van der Waals surface area contributed by atoms with Gasteiger partial charge < -0.3 is 5.11 Å². The fourth-order valence-corrected chi connectivity index (χ4v) is 2.88. The Hall–Kier alpha value is -0.0400. The third kappa shape index (κ3) is 5.90. The summed E-state index contributed by atoms with van der Waals surface area (Å²) in [5, 5.41) is 10.2. The van der Waals surface area contributed by atoms with Crippen molar-refractivity contribution in [1.29, 1.82) is 0 Å². The summed E-state index contributed by atoms with van der Waals surface area (Å²) in [5.74, 6) is 0.572. The maximum Gasteiger partial charge on any atom is 0.0568 e. The van der Waals surface area contributed by atoms with Gasteiger partial charge in [0.2, 0.25) is 0 Å². The molecule has 1 heteroatoms. The molecule has 0 spiro atoms. The predicted octanol–water partition coefficient (Wildman–Crippen LogP) is 4.78. The molecule has 17 heavy (non-hydrogen) atoms. The zero-order chi connectivity index (χ0) is 13.1. The standard InChI is InChI=1S/C16H32O/c1-15(2,3)10-6-7-14(17)13-8-11-16(4,5)12-9-13/h13-14,17H,6-12H2,1-5H3. The number of aliphatic hydroxyl groups excluding tert-OH is 1. The highest BCUT2D eigenvalue weighted by Gasteiger charge is 2.30. The van der Waals surface area contributed by atoms with Crippen molar-refractivity contribution < 1.29 is 5.11 Å². The van der Waals surface area contributed by atoms with Gasteiger partial charge >= 0.3 is 0 Å². The Morgan fingerprint density at radius 1 is 1.18 bits per heavy atom. The second kappa shape index (κ2) is 5.73. The highest BCUT2D eigenvalue weighted by Crippen LogP contribution is 2.40. The molecule has 1 nitrogen and oxygen atoms in total. The van der Waals surface area contributed by atoms with Gasteiger partial charge in [0.15, 0.2) is 0 Å². The van der Waals surface area contributed by atoms with Crippen molar-refractivity contribution in [3.05, 3.63) is 0 Å². The molecule has 1 fully saturated rings. The first-order chi connectivity index (χ1) is 7.70. The van der Waals surface area contributed by atoms with Crippen molar-refractivity contribution >= 4 is 0 Å². The third-order valence-corrected chi connectivity index (χ3v) is 4.35. The lowest BCUT2D eigenvalue weighted by Crippen LogP contribution is -2.29. The first-order valence-electron chi connectivity index (χ1n) is 7.38.